The minimum absolute atomic E-state index is 0.129. The van der Waals surface area contributed by atoms with Crippen LogP contribution in [-0.4, -0.2) is 26.0 Å². The van der Waals surface area contributed by atoms with Gasteiger partial charge >= 0.3 is 0 Å². The highest BCUT2D eigenvalue weighted by atomic mass is 32.2. The molecule has 1 aliphatic carbocycles. The van der Waals surface area contributed by atoms with Crippen LogP contribution >= 0.6 is 11.3 Å². The van der Waals surface area contributed by atoms with Crippen molar-refractivity contribution in [3.63, 3.8) is 0 Å². The number of allylic oxidation sites excluding steroid dienone is 1. The van der Waals surface area contributed by atoms with Gasteiger partial charge in [-0.1, -0.05) is 23.7 Å². The second-order valence-electron chi connectivity index (χ2n) is 7.16. The molecule has 1 amide bonds. The Bertz CT molecular complexity index is 1050. The fourth-order valence-corrected chi connectivity index (χ4v) is 5.46. The highest BCUT2D eigenvalue weighted by Crippen LogP contribution is 2.27. The molecule has 0 saturated carbocycles. The first-order valence-corrected chi connectivity index (χ1v) is 12.4. The first-order chi connectivity index (χ1) is 14.4. The maximum absolute atomic E-state index is 12.6. The normalized spacial score (nSPS) is 14.8. The lowest BCUT2D eigenvalue weighted by atomic mass is 9.97. The van der Waals surface area contributed by atoms with E-state index in [2.05, 4.69) is 21.3 Å². The van der Waals surface area contributed by atoms with Crippen LogP contribution in [0.1, 0.15) is 61.8 Å². The lowest BCUT2D eigenvalue weighted by molar-refractivity contribution is -0.115. The monoisotopic (exact) mass is 449 g/mol. The zero-order valence-electron chi connectivity index (χ0n) is 17.2. The van der Waals surface area contributed by atoms with E-state index in [4.69, 9.17) is 4.52 Å². The third-order valence-electron chi connectivity index (χ3n) is 4.86. The summed E-state index contributed by atoms with van der Waals surface area (Å²) in [6.45, 7) is 3.92. The van der Waals surface area contributed by atoms with Gasteiger partial charge in [0, 0.05) is 17.8 Å². The molecule has 162 valence electrons. The van der Waals surface area contributed by atoms with E-state index >= 15 is 0 Å². The summed E-state index contributed by atoms with van der Waals surface area (Å²) in [6.07, 6.45) is 11.3. The number of rotatable bonds is 9. The van der Waals surface area contributed by atoms with Crippen LogP contribution in [-0.2, 0) is 14.8 Å². The van der Waals surface area contributed by atoms with E-state index in [1.807, 2.05) is 0 Å². The van der Waals surface area contributed by atoms with Crippen molar-refractivity contribution in [2.45, 2.75) is 56.6 Å². The molecule has 0 unspecified atom stereocenters. The summed E-state index contributed by atoms with van der Waals surface area (Å²) in [4.78, 5) is 12.4. The summed E-state index contributed by atoms with van der Waals surface area (Å²) in [5, 5.41) is 6.66. The molecule has 2 heterocycles. The first-order valence-electron chi connectivity index (χ1n) is 10.1. The summed E-state index contributed by atoms with van der Waals surface area (Å²) in [5.41, 5.74) is 2.46. The van der Waals surface area contributed by atoms with Crippen LogP contribution in [0, 0.1) is 6.92 Å². The number of carbonyl (C=O) groups is 1. The molecule has 0 spiro atoms. The van der Waals surface area contributed by atoms with Crippen LogP contribution < -0.4 is 10.0 Å². The van der Waals surface area contributed by atoms with Crippen LogP contribution in [0.2, 0.25) is 0 Å². The average molecular weight is 450 g/mol. The molecule has 2 aromatic heterocycles. The molecular formula is C21H27N3O4S2. The van der Waals surface area contributed by atoms with Gasteiger partial charge in [0.05, 0.1) is 0 Å². The summed E-state index contributed by atoms with van der Waals surface area (Å²) < 4.78 is 33.3. The standard InChI is InChI=1S/C21H27N3O4S2/c1-3-19(25)23-21-15(2)24-28-18(21)11-9-17-10-12-20(29-17)30(26,27)22-14-13-16-7-5-4-6-8-16/h7,9-12,22H,3-6,8,13-14H2,1-2H3,(H,23,25). The number of nitrogens with one attached hydrogen (secondary N) is 2. The Balaban J connectivity index is 1.63. The van der Waals surface area contributed by atoms with Gasteiger partial charge in [0.25, 0.3) is 0 Å². The molecule has 2 aromatic rings. The number of aromatic nitrogens is 1. The molecule has 3 rings (SSSR count). The third kappa shape index (κ3) is 5.90. The van der Waals surface area contributed by atoms with E-state index in [1.165, 1.54) is 29.8 Å². The lowest BCUT2D eigenvalue weighted by Crippen LogP contribution is -2.24. The van der Waals surface area contributed by atoms with Crippen molar-refractivity contribution in [3.8, 4) is 0 Å². The van der Waals surface area contributed by atoms with Gasteiger partial charge in [0.1, 0.15) is 15.6 Å². The molecule has 30 heavy (non-hydrogen) atoms. The number of anilines is 1. The fourth-order valence-electron chi connectivity index (χ4n) is 3.16. The summed E-state index contributed by atoms with van der Waals surface area (Å²) in [7, 11) is -3.53. The van der Waals surface area contributed by atoms with Gasteiger partial charge in [-0.05, 0) is 63.3 Å². The topological polar surface area (TPSA) is 101 Å². The van der Waals surface area contributed by atoms with Crippen molar-refractivity contribution in [1.29, 1.82) is 0 Å². The Morgan fingerprint density at radius 1 is 1.30 bits per heavy atom. The van der Waals surface area contributed by atoms with Crippen molar-refractivity contribution in [3.05, 3.63) is 40.1 Å². The number of nitrogens with zero attached hydrogens (tertiary/aromatic N) is 1. The quantitative estimate of drug-likeness (QED) is 0.539. The minimum Gasteiger partial charge on any atom is -0.354 e. The maximum atomic E-state index is 12.6. The highest BCUT2D eigenvalue weighted by molar-refractivity contribution is 7.91. The highest BCUT2D eigenvalue weighted by Gasteiger charge is 2.17. The van der Waals surface area contributed by atoms with Crippen molar-refractivity contribution < 1.29 is 17.7 Å². The zero-order chi connectivity index (χ0) is 21.6. The number of hydrogen-bond acceptors (Lipinski definition) is 6. The fraction of sp³-hybridized carbons (Fsp3) is 0.429. The molecule has 1 aliphatic rings. The smallest absolute Gasteiger partial charge is 0.250 e. The van der Waals surface area contributed by atoms with Gasteiger partial charge in [-0.3, -0.25) is 4.79 Å². The van der Waals surface area contributed by atoms with Crippen LogP contribution in [0.5, 0.6) is 0 Å². The molecule has 0 atom stereocenters. The molecule has 9 heteroatoms. The largest absolute Gasteiger partial charge is 0.354 e. The predicted molar refractivity (Wildman–Crippen MR) is 120 cm³/mol. The molecule has 0 radical (unpaired) electrons. The predicted octanol–water partition coefficient (Wildman–Crippen LogP) is 4.73. The Hall–Kier alpha value is -2.23. The lowest BCUT2D eigenvalue weighted by Gasteiger charge is -2.12. The number of carbonyl (C=O) groups excluding carboxylic acids is 1. The SMILES string of the molecule is CCC(=O)Nc1c(C)noc1C=Cc1ccc(S(=O)(=O)NCCC2=CCCCC2)s1. The maximum Gasteiger partial charge on any atom is 0.250 e. The second kappa shape index (κ2) is 10.2. The Labute approximate surface area is 181 Å². The zero-order valence-corrected chi connectivity index (χ0v) is 18.9. The van der Waals surface area contributed by atoms with Crippen molar-refractivity contribution in [1.82, 2.24) is 9.88 Å². The van der Waals surface area contributed by atoms with Gasteiger partial charge in [-0.25, -0.2) is 13.1 Å². The van der Waals surface area contributed by atoms with E-state index in [0.717, 1.165) is 24.1 Å². The molecule has 2 N–H and O–H groups in total. The summed E-state index contributed by atoms with van der Waals surface area (Å²) >= 11 is 1.17. The van der Waals surface area contributed by atoms with Crippen LogP contribution in [0.15, 0.2) is 32.5 Å². The van der Waals surface area contributed by atoms with Crippen LogP contribution in [0.3, 0.4) is 0 Å². The van der Waals surface area contributed by atoms with E-state index < -0.39 is 10.0 Å². The van der Waals surface area contributed by atoms with E-state index in [9.17, 15) is 13.2 Å². The Kier molecular flexibility index (Phi) is 7.63. The third-order valence-corrected chi connectivity index (χ3v) is 7.87. The van der Waals surface area contributed by atoms with Crippen LogP contribution in [0.4, 0.5) is 5.69 Å². The van der Waals surface area contributed by atoms with E-state index in [0.29, 0.717) is 30.1 Å². The van der Waals surface area contributed by atoms with Gasteiger partial charge in [-0.15, -0.1) is 11.3 Å². The molecule has 7 nitrogen and oxygen atoms in total. The number of thiophene rings is 1. The van der Waals surface area contributed by atoms with Gasteiger partial charge in [0.2, 0.25) is 15.9 Å². The van der Waals surface area contributed by atoms with Crippen molar-refractivity contribution in [2.24, 2.45) is 0 Å². The Morgan fingerprint density at radius 3 is 2.87 bits per heavy atom. The Morgan fingerprint density at radius 2 is 2.13 bits per heavy atom. The van der Waals surface area contributed by atoms with Gasteiger partial charge in [-0.2, -0.15) is 0 Å². The van der Waals surface area contributed by atoms with E-state index in [1.54, 1.807) is 38.1 Å². The number of sulfonamides is 1. The molecule has 0 fully saturated rings. The van der Waals surface area contributed by atoms with E-state index in [-0.39, 0.29) is 10.1 Å². The first kappa shape index (κ1) is 22.5. The molecule has 0 aliphatic heterocycles. The molecule has 0 saturated heterocycles. The molecule has 0 aromatic carbocycles. The second-order valence-corrected chi connectivity index (χ2v) is 10.3. The molecular weight excluding hydrogens is 422 g/mol. The van der Waals surface area contributed by atoms with Crippen molar-refractivity contribution in [2.75, 3.05) is 11.9 Å². The number of aryl methyl sites for hydroxylation is 1. The number of amides is 1. The average Bonchev–Trinajstić information content (AvgIpc) is 3.35. The summed E-state index contributed by atoms with van der Waals surface area (Å²) in [5.74, 6) is 0.293. The molecule has 0 bridgehead atoms. The van der Waals surface area contributed by atoms with Gasteiger partial charge in [0.15, 0.2) is 5.76 Å². The minimum atomic E-state index is -3.53. The van der Waals surface area contributed by atoms with Crippen molar-refractivity contribution >= 4 is 45.1 Å². The number of hydrogen-bond donors (Lipinski definition) is 2. The van der Waals surface area contributed by atoms with Gasteiger partial charge < -0.3 is 9.84 Å². The van der Waals surface area contributed by atoms with Crippen LogP contribution in [0.25, 0.3) is 12.2 Å². The summed E-state index contributed by atoms with van der Waals surface area (Å²) in [6, 6.07) is 3.34.